The van der Waals surface area contributed by atoms with Gasteiger partial charge in [0, 0.05) is 5.75 Å². The second-order valence-electron chi connectivity index (χ2n) is 6.05. The number of hydrogen-bond acceptors (Lipinski definition) is 5. The van der Waals surface area contributed by atoms with Crippen LogP contribution in [0.4, 0.5) is 4.79 Å². The Balaban J connectivity index is 2.39. The first-order valence-corrected chi connectivity index (χ1v) is 8.41. The molecule has 6 nitrogen and oxygen atoms in total. The topological polar surface area (TPSA) is 95.9 Å². The van der Waals surface area contributed by atoms with Crippen LogP contribution in [-0.4, -0.2) is 39.7 Å². The number of carbonyl (C=O) groups is 2. The van der Waals surface area contributed by atoms with Gasteiger partial charge in [-0.05, 0) is 50.6 Å². The second-order valence-corrected chi connectivity index (χ2v) is 7.15. The summed E-state index contributed by atoms with van der Waals surface area (Å²) in [6.45, 7) is 5.15. The number of thioether (sulfide) groups is 1. The van der Waals surface area contributed by atoms with E-state index in [0.29, 0.717) is 11.5 Å². The molecule has 1 aromatic rings. The van der Waals surface area contributed by atoms with E-state index in [1.807, 2.05) is 6.07 Å². The molecule has 0 radical (unpaired) electrons. The molecule has 0 fully saturated rings. The average Bonchev–Trinajstić information content (AvgIpc) is 2.40. The average molecular weight is 341 g/mol. The number of aromatic hydroxyl groups is 1. The van der Waals surface area contributed by atoms with Gasteiger partial charge >= 0.3 is 12.1 Å². The Kier molecular flexibility index (Phi) is 7.22. The molecule has 0 aliphatic carbocycles. The summed E-state index contributed by atoms with van der Waals surface area (Å²) in [5, 5.41) is 20.9. The van der Waals surface area contributed by atoms with Crippen molar-refractivity contribution < 1.29 is 24.5 Å². The van der Waals surface area contributed by atoms with Crippen LogP contribution in [0.3, 0.4) is 0 Å². The maximum atomic E-state index is 11.6. The van der Waals surface area contributed by atoms with Gasteiger partial charge in [-0.1, -0.05) is 12.1 Å². The van der Waals surface area contributed by atoms with Crippen LogP contribution in [0, 0.1) is 0 Å². The molecule has 1 unspecified atom stereocenters. The minimum absolute atomic E-state index is 0.207. The Morgan fingerprint density at radius 1 is 1.35 bits per heavy atom. The van der Waals surface area contributed by atoms with Gasteiger partial charge in [-0.25, -0.2) is 9.59 Å². The van der Waals surface area contributed by atoms with E-state index in [0.717, 1.165) is 5.56 Å². The number of rotatable bonds is 7. The first kappa shape index (κ1) is 19.2. The van der Waals surface area contributed by atoms with Gasteiger partial charge in [-0.2, -0.15) is 11.8 Å². The standard InChI is InChI=1S/C16H23NO5S/c1-16(2,3)22-15(21)17-13(14(19)20)7-8-23-10-11-5-4-6-12(18)9-11/h4-6,9,13,18H,7-8,10H2,1-3H3,(H,17,21)(H,19,20). The van der Waals surface area contributed by atoms with Gasteiger partial charge in [-0.3, -0.25) is 0 Å². The number of alkyl carbamates (subject to hydrolysis) is 1. The van der Waals surface area contributed by atoms with Crippen LogP contribution in [0.25, 0.3) is 0 Å². The summed E-state index contributed by atoms with van der Waals surface area (Å²) < 4.78 is 5.06. The molecular weight excluding hydrogens is 318 g/mol. The predicted octanol–water partition coefficient (Wildman–Crippen LogP) is 2.99. The summed E-state index contributed by atoms with van der Waals surface area (Å²) in [5.41, 5.74) is 0.291. The number of nitrogens with one attached hydrogen (secondary N) is 1. The lowest BCUT2D eigenvalue weighted by atomic mass is 10.2. The van der Waals surface area contributed by atoms with Gasteiger partial charge in [0.1, 0.15) is 17.4 Å². The molecule has 0 saturated carbocycles. The molecule has 0 aliphatic rings. The van der Waals surface area contributed by atoms with Crippen molar-refractivity contribution >= 4 is 23.8 Å². The van der Waals surface area contributed by atoms with E-state index >= 15 is 0 Å². The second kappa shape index (κ2) is 8.67. The zero-order chi connectivity index (χ0) is 17.5. The predicted molar refractivity (Wildman–Crippen MR) is 89.7 cm³/mol. The van der Waals surface area contributed by atoms with E-state index in [-0.39, 0.29) is 12.2 Å². The van der Waals surface area contributed by atoms with E-state index in [2.05, 4.69) is 5.32 Å². The lowest BCUT2D eigenvalue weighted by Crippen LogP contribution is -2.43. The van der Waals surface area contributed by atoms with Gasteiger partial charge in [-0.15, -0.1) is 0 Å². The van der Waals surface area contributed by atoms with Crippen LogP contribution in [0.1, 0.15) is 32.8 Å². The Hall–Kier alpha value is -1.89. The quantitative estimate of drug-likeness (QED) is 0.660. The summed E-state index contributed by atoms with van der Waals surface area (Å²) in [6, 6.07) is 5.93. The zero-order valence-electron chi connectivity index (χ0n) is 13.5. The fourth-order valence-electron chi connectivity index (χ4n) is 1.74. The lowest BCUT2D eigenvalue weighted by Gasteiger charge is -2.21. The number of amides is 1. The molecule has 0 heterocycles. The number of benzene rings is 1. The number of carboxylic acids is 1. The Labute approximate surface area is 140 Å². The molecule has 0 spiro atoms. The lowest BCUT2D eigenvalue weighted by molar-refractivity contribution is -0.139. The maximum Gasteiger partial charge on any atom is 0.408 e. The normalized spacial score (nSPS) is 12.5. The number of phenols is 1. The molecular formula is C16H23NO5S. The summed E-state index contributed by atoms with van der Waals surface area (Å²) in [5.74, 6) is 0.335. The third-order valence-corrected chi connectivity index (χ3v) is 3.78. The highest BCUT2D eigenvalue weighted by Crippen LogP contribution is 2.18. The monoisotopic (exact) mass is 341 g/mol. The van der Waals surface area contributed by atoms with Crippen LogP contribution in [-0.2, 0) is 15.3 Å². The van der Waals surface area contributed by atoms with Crippen molar-refractivity contribution in [3.05, 3.63) is 29.8 Å². The SMILES string of the molecule is CC(C)(C)OC(=O)NC(CCSCc1cccc(O)c1)C(=O)O. The molecule has 3 N–H and O–H groups in total. The molecule has 23 heavy (non-hydrogen) atoms. The van der Waals surface area contributed by atoms with Crippen LogP contribution < -0.4 is 5.32 Å². The van der Waals surface area contributed by atoms with Crippen molar-refractivity contribution in [2.24, 2.45) is 0 Å². The summed E-state index contributed by atoms with van der Waals surface area (Å²) in [7, 11) is 0. The largest absolute Gasteiger partial charge is 0.508 e. The van der Waals surface area contributed by atoms with Gasteiger partial charge in [0.25, 0.3) is 0 Å². The minimum Gasteiger partial charge on any atom is -0.508 e. The molecule has 1 atom stereocenters. The van der Waals surface area contributed by atoms with E-state index < -0.39 is 23.7 Å². The Morgan fingerprint density at radius 3 is 2.61 bits per heavy atom. The first-order valence-electron chi connectivity index (χ1n) is 7.25. The number of carboxylic acid groups (broad SMARTS) is 1. The van der Waals surface area contributed by atoms with Gasteiger partial charge in [0.05, 0.1) is 0 Å². The molecule has 0 bridgehead atoms. The Morgan fingerprint density at radius 2 is 2.04 bits per heavy atom. The first-order chi connectivity index (χ1) is 10.7. The summed E-state index contributed by atoms with van der Waals surface area (Å²) >= 11 is 1.53. The highest BCUT2D eigenvalue weighted by molar-refractivity contribution is 7.98. The molecule has 1 amide bonds. The molecule has 128 valence electrons. The summed E-state index contributed by atoms with van der Waals surface area (Å²) in [4.78, 5) is 22.8. The van der Waals surface area contributed by atoms with Crippen molar-refractivity contribution in [2.75, 3.05) is 5.75 Å². The third-order valence-electron chi connectivity index (χ3n) is 2.72. The van der Waals surface area contributed by atoms with Crippen molar-refractivity contribution in [1.29, 1.82) is 0 Å². The summed E-state index contributed by atoms with van der Waals surface area (Å²) in [6.07, 6.45) is -0.444. The van der Waals surface area contributed by atoms with Crippen LogP contribution in [0.5, 0.6) is 5.75 Å². The highest BCUT2D eigenvalue weighted by Gasteiger charge is 2.23. The van der Waals surface area contributed by atoms with Crippen LogP contribution >= 0.6 is 11.8 Å². The fourth-order valence-corrected chi connectivity index (χ4v) is 2.71. The smallest absolute Gasteiger partial charge is 0.408 e. The van der Waals surface area contributed by atoms with Crippen molar-refractivity contribution in [1.82, 2.24) is 5.32 Å². The number of ether oxygens (including phenoxy) is 1. The number of phenolic OH excluding ortho intramolecular Hbond substituents is 1. The van der Waals surface area contributed by atoms with Crippen molar-refractivity contribution in [2.45, 2.75) is 44.6 Å². The number of hydrogen-bond donors (Lipinski definition) is 3. The Bertz CT molecular complexity index is 542. The minimum atomic E-state index is -1.09. The van der Waals surface area contributed by atoms with Crippen molar-refractivity contribution in [3.63, 3.8) is 0 Å². The van der Waals surface area contributed by atoms with Crippen LogP contribution in [0.2, 0.25) is 0 Å². The number of aliphatic carboxylic acids is 1. The molecule has 0 aliphatic heterocycles. The van der Waals surface area contributed by atoms with E-state index in [1.165, 1.54) is 11.8 Å². The number of carbonyl (C=O) groups excluding carboxylic acids is 1. The molecule has 0 saturated heterocycles. The third kappa shape index (κ3) is 8.35. The van der Waals surface area contributed by atoms with E-state index in [9.17, 15) is 14.7 Å². The fraction of sp³-hybridized carbons (Fsp3) is 0.500. The highest BCUT2D eigenvalue weighted by atomic mass is 32.2. The van der Waals surface area contributed by atoms with Crippen molar-refractivity contribution in [3.8, 4) is 5.75 Å². The molecule has 1 aromatic carbocycles. The van der Waals surface area contributed by atoms with Gasteiger partial charge in [0.15, 0.2) is 0 Å². The van der Waals surface area contributed by atoms with E-state index in [1.54, 1.807) is 39.0 Å². The van der Waals surface area contributed by atoms with E-state index in [4.69, 9.17) is 9.84 Å². The maximum absolute atomic E-state index is 11.6. The van der Waals surface area contributed by atoms with Crippen LogP contribution in [0.15, 0.2) is 24.3 Å². The van der Waals surface area contributed by atoms with Gasteiger partial charge < -0.3 is 20.3 Å². The van der Waals surface area contributed by atoms with Gasteiger partial charge in [0.2, 0.25) is 0 Å². The molecule has 7 heteroatoms. The molecule has 0 aromatic heterocycles. The molecule has 1 rings (SSSR count). The zero-order valence-corrected chi connectivity index (χ0v) is 14.4.